The summed E-state index contributed by atoms with van der Waals surface area (Å²) >= 11 is 0. The lowest BCUT2D eigenvalue weighted by Gasteiger charge is -2.25. The van der Waals surface area contributed by atoms with E-state index in [-0.39, 0.29) is 11.9 Å². The van der Waals surface area contributed by atoms with E-state index >= 15 is 0 Å². The van der Waals surface area contributed by atoms with Crippen LogP contribution in [0.15, 0.2) is 48.5 Å². The fourth-order valence-electron chi connectivity index (χ4n) is 3.59. The van der Waals surface area contributed by atoms with Crippen molar-refractivity contribution in [2.75, 3.05) is 18.6 Å². The maximum absolute atomic E-state index is 12.9. The van der Waals surface area contributed by atoms with Crippen LogP contribution in [0.25, 0.3) is 6.08 Å². The molecule has 0 N–H and O–H groups in total. The zero-order chi connectivity index (χ0) is 21.7. The van der Waals surface area contributed by atoms with E-state index in [0.29, 0.717) is 18.1 Å². The number of esters is 1. The number of fused-ring (bicyclic) bond motifs is 1. The van der Waals surface area contributed by atoms with Crippen molar-refractivity contribution >= 4 is 23.6 Å². The Hall–Kier alpha value is -3.28. The largest absolute Gasteiger partial charge is 0.493 e. The summed E-state index contributed by atoms with van der Waals surface area (Å²) in [5.41, 5.74) is 2.77. The highest BCUT2D eigenvalue weighted by Gasteiger charge is 2.34. The number of rotatable bonds is 7. The number of para-hydroxylation sites is 1. The van der Waals surface area contributed by atoms with Crippen molar-refractivity contribution < 1.29 is 23.8 Å². The van der Waals surface area contributed by atoms with Crippen LogP contribution in [0.1, 0.15) is 31.9 Å². The Labute approximate surface area is 177 Å². The molecule has 0 spiro atoms. The molecule has 0 aromatic heterocycles. The molecule has 1 heterocycles. The third-order valence-corrected chi connectivity index (χ3v) is 4.98. The van der Waals surface area contributed by atoms with Gasteiger partial charge < -0.3 is 19.1 Å². The number of anilines is 1. The minimum absolute atomic E-state index is 0.0305. The Morgan fingerprint density at radius 3 is 2.70 bits per heavy atom. The Kier molecular flexibility index (Phi) is 6.77. The standard InChI is InChI=1S/C24H27NO5/c1-5-29-21-12-10-18(15-22(21)28-4)11-13-23(26)30-17(3)24(27)25-16(2)14-19-8-6-7-9-20(19)25/h6-13,15-17H,5,14H2,1-4H3/b13-11+/t16-,17-/m1/s1. The molecule has 30 heavy (non-hydrogen) atoms. The Balaban J connectivity index is 1.64. The second-order valence-corrected chi connectivity index (χ2v) is 7.15. The number of carbonyl (C=O) groups is 2. The molecule has 158 valence electrons. The molecule has 3 rings (SSSR count). The monoisotopic (exact) mass is 409 g/mol. The fourth-order valence-corrected chi connectivity index (χ4v) is 3.59. The lowest BCUT2D eigenvalue weighted by atomic mass is 10.1. The summed E-state index contributed by atoms with van der Waals surface area (Å²) in [7, 11) is 1.56. The summed E-state index contributed by atoms with van der Waals surface area (Å²) < 4.78 is 16.2. The number of methoxy groups -OCH3 is 1. The van der Waals surface area contributed by atoms with E-state index in [0.717, 1.165) is 23.2 Å². The van der Waals surface area contributed by atoms with Gasteiger partial charge in [0, 0.05) is 17.8 Å². The summed E-state index contributed by atoms with van der Waals surface area (Å²) in [6, 6.07) is 13.2. The number of ether oxygens (including phenoxy) is 3. The van der Waals surface area contributed by atoms with Gasteiger partial charge in [0.1, 0.15) is 0 Å². The number of benzene rings is 2. The predicted octanol–water partition coefficient (Wildman–Crippen LogP) is 4.02. The number of hydrogen-bond acceptors (Lipinski definition) is 5. The van der Waals surface area contributed by atoms with Crippen molar-refractivity contribution in [2.24, 2.45) is 0 Å². The van der Waals surface area contributed by atoms with E-state index < -0.39 is 12.1 Å². The van der Waals surface area contributed by atoms with Gasteiger partial charge in [-0.05, 0) is 62.6 Å². The van der Waals surface area contributed by atoms with Crippen LogP contribution in [-0.4, -0.2) is 37.7 Å². The van der Waals surface area contributed by atoms with Crippen molar-refractivity contribution in [3.8, 4) is 11.5 Å². The van der Waals surface area contributed by atoms with Crippen LogP contribution in [0.5, 0.6) is 11.5 Å². The maximum Gasteiger partial charge on any atom is 0.331 e. The van der Waals surface area contributed by atoms with Crippen molar-refractivity contribution in [2.45, 2.75) is 39.3 Å². The molecular weight excluding hydrogens is 382 g/mol. The first-order chi connectivity index (χ1) is 14.4. The van der Waals surface area contributed by atoms with Crippen LogP contribution in [0, 0.1) is 0 Å². The molecule has 6 heteroatoms. The number of hydrogen-bond donors (Lipinski definition) is 0. The summed E-state index contributed by atoms with van der Waals surface area (Å²) in [6.07, 6.45) is 2.83. The number of nitrogens with zero attached hydrogens (tertiary/aromatic N) is 1. The van der Waals surface area contributed by atoms with Gasteiger partial charge in [-0.25, -0.2) is 4.79 Å². The van der Waals surface area contributed by atoms with Crippen LogP contribution >= 0.6 is 0 Å². The van der Waals surface area contributed by atoms with Gasteiger partial charge in [0.25, 0.3) is 5.91 Å². The normalized spacial score (nSPS) is 16.3. The Morgan fingerprint density at radius 2 is 1.97 bits per heavy atom. The van der Waals surface area contributed by atoms with Gasteiger partial charge in [-0.2, -0.15) is 0 Å². The molecule has 0 saturated heterocycles. The summed E-state index contributed by atoms with van der Waals surface area (Å²) in [6.45, 7) is 6.02. The minimum atomic E-state index is -0.884. The molecule has 6 nitrogen and oxygen atoms in total. The number of amides is 1. The lowest BCUT2D eigenvalue weighted by Crippen LogP contribution is -2.43. The molecule has 2 aromatic carbocycles. The predicted molar refractivity (Wildman–Crippen MR) is 116 cm³/mol. The zero-order valence-electron chi connectivity index (χ0n) is 17.8. The molecule has 0 aliphatic carbocycles. The molecule has 0 unspecified atom stereocenters. The Bertz CT molecular complexity index is 952. The molecule has 0 radical (unpaired) electrons. The summed E-state index contributed by atoms with van der Waals surface area (Å²) in [5, 5.41) is 0. The van der Waals surface area contributed by atoms with Gasteiger partial charge in [0.15, 0.2) is 17.6 Å². The van der Waals surface area contributed by atoms with Crippen molar-refractivity contribution in [3.05, 3.63) is 59.7 Å². The molecular formula is C24H27NO5. The highest BCUT2D eigenvalue weighted by Crippen LogP contribution is 2.32. The fraction of sp³-hybridized carbons (Fsp3) is 0.333. The van der Waals surface area contributed by atoms with Crippen LogP contribution in [-0.2, 0) is 20.7 Å². The maximum atomic E-state index is 12.9. The molecule has 0 saturated carbocycles. The van der Waals surface area contributed by atoms with E-state index in [2.05, 4.69) is 0 Å². The van der Waals surface area contributed by atoms with E-state index in [1.165, 1.54) is 6.08 Å². The van der Waals surface area contributed by atoms with Crippen LogP contribution in [0.3, 0.4) is 0 Å². The van der Waals surface area contributed by atoms with Crippen LogP contribution in [0.4, 0.5) is 5.69 Å². The van der Waals surface area contributed by atoms with E-state index in [9.17, 15) is 9.59 Å². The molecule has 2 aromatic rings. The molecule has 0 fully saturated rings. The molecule has 0 bridgehead atoms. The van der Waals surface area contributed by atoms with Gasteiger partial charge in [-0.3, -0.25) is 4.79 Å². The van der Waals surface area contributed by atoms with Crippen molar-refractivity contribution in [1.82, 2.24) is 0 Å². The topological polar surface area (TPSA) is 65.1 Å². The van der Waals surface area contributed by atoms with E-state index in [1.54, 1.807) is 37.1 Å². The third-order valence-electron chi connectivity index (χ3n) is 4.98. The molecule has 1 aliphatic rings. The van der Waals surface area contributed by atoms with Gasteiger partial charge in [0.05, 0.1) is 13.7 Å². The van der Waals surface area contributed by atoms with Crippen LogP contribution < -0.4 is 14.4 Å². The third kappa shape index (κ3) is 4.64. The van der Waals surface area contributed by atoms with Crippen molar-refractivity contribution in [1.29, 1.82) is 0 Å². The Morgan fingerprint density at radius 1 is 1.20 bits per heavy atom. The average Bonchev–Trinajstić information content (AvgIpc) is 3.08. The van der Waals surface area contributed by atoms with Crippen molar-refractivity contribution in [3.63, 3.8) is 0 Å². The SMILES string of the molecule is CCOc1ccc(/C=C/C(=O)O[C@H](C)C(=O)N2c3ccccc3C[C@H]2C)cc1OC. The summed E-state index contributed by atoms with van der Waals surface area (Å²) in [4.78, 5) is 26.9. The van der Waals surface area contributed by atoms with Gasteiger partial charge in [-0.15, -0.1) is 0 Å². The second kappa shape index (κ2) is 9.48. The first kappa shape index (κ1) is 21.4. The smallest absolute Gasteiger partial charge is 0.331 e. The molecule has 1 amide bonds. The first-order valence-electron chi connectivity index (χ1n) is 10.0. The first-order valence-corrected chi connectivity index (χ1v) is 10.0. The van der Waals surface area contributed by atoms with E-state index in [4.69, 9.17) is 14.2 Å². The molecule has 1 aliphatic heterocycles. The van der Waals surface area contributed by atoms with Gasteiger partial charge in [0.2, 0.25) is 0 Å². The average molecular weight is 409 g/mol. The van der Waals surface area contributed by atoms with Gasteiger partial charge in [-0.1, -0.05) is 24.3 Å². The quantitative estimate of drug-likeness (QED) is 0.511. The van der Waals surface area contributed by atoms with Gasteiger partial charge >= 0.3 is 5.97 Å². The van der Waals surface area contributed by atoms with Crippen LogP contribution in [0.2, 0.25) is 0 Å². The van der Waals surface area contributed by atoms with E-state index in [1.807, 2.05) is 44.2 Å². The second-order valence-electron chi connectivity index (χ2n) is 7.15. The summed E-state index contributed by atoms with van der Waals surface area (Å²) in [5.74, 6) is 0.414. The number of carbonyl (C=O) groups excluding carboxylic acids is 2. The lowest BCUT2D eigenvalue weighted by molar-refractivity contribution is -0.149. The highest BCUT2D eigenvalue weighted by atomic mass is 16.5. The molecule has 2 atom stereocenters. The minimum Gasteiger partial charge on any atom is -0.493 e. The highest BCUT2D eigenvalue weighted by molar-refractivity contribution is 6.00. The zero-order valence-corrected chi connectivity index (χ0v) is 17.8.